The van der Waals surface area contributed by atoms with E-state index in [1.165, 1.54) is 0 Å². The number of nitrogens with one attached hydrogen (secondary N) is 1. The predicted molar refractivity (Wildman–Crippen MR) is 121 cm³/mol. The van der Waals surface area contributed by atoms with Gasteiger partial charge in [0, 0.05) is 5.56 Å². The monoisotopic (exact) mass is 449 g/mol. The average Bonchev–Trinajstić information content (AvgIpc) is 2.83. The molecule has 4 atom stereocenters. The Labute approximate surface area is 187 Å². The molecule has 1 aliphatic rings. The summed E-state index contributed by atoms with van der Waals surface area (Å²) in [6.07, 6.45) is 0. The molecule has 0 aromatic heterocycles. The van der Waals surface area contributed by atoms with Gasteiger partial charge in [-0.1, -0.05) is 91.0 Å². The lowest BCUT2D eigenvalue weighted by Gasteiger charge is -2.41. The van der Waals surface area contributed by atoms with Crippen molar-refractivity contribution in [2.45, 2.75) is 22.6 Å². The molecule has 4 unspecified atom stereocenters. The smallest absolute Gasteiger partial charge is 0.326 e. The Bertz CT molecular complexity index is 1200. The molecule has 6 nitrogen and oxygen atoms in total. The van der Waals surface area contributed by atoms with Crippen LogP contribution in [0.25, 0.3) is 0 Å². The molecule has 0 bridgehead atoms. The average molecular weight is 450 g/mol. The van der Waals surface area contributed by atoms with Gasteiger partial charge in [-0.25, -0.2) is 8.42 Å². The first-order valence-electron chi connectivity index (χ1n) is 10.2. The zero-order chi connectivity index (χ0) is 22.7. The van der Waals surface area contributed by atoms with E-state index in [0.717, 1.165) is 7.11 Å². The molecule has 1 saturated heterocycles. The Morgan fingerprint density at radius 3 is 1.62 bits per heavy atom. The lowest BCUT2D eigenvalue weighted by atomic mass is 9.93. The van der Waals surface area contributed by atoms with Crippen LogP contribution in [-0.4, -0.2) is 37.8 Å². The summed E-state index contributed by atoms with van der Waals surface area (Å²) in [5.41, 5.74) is 1.54. The molecule has 7 heteroatoms. The van der Waals surface area contributed by atoms with Crippen LogP contribution in [0.2, 0.25) is 0 Å². The molecule has 4 rings (SSSR count). The van der Waals surface area contributed by atoms with Gasteiger partial charge in [-0.3, -0.25) is 14.9 Å². The number of Topliss-reactive ketones (excluding diaryl/α,β-unsaturated/α-hetero) is 1. The third-order valence-corrected chi connectivity index (χ3v) is 8.11. The molecule has 0 amide bonds. The van der Waals surface area contributed by atoms with Gasteiger partial charge in [0.25, 0.3) is 0 Å². The Morgan fingerprint density at radius 1 is 0.719 bits per heavy atom. The highest BCUT2D eigenvalue weighted by atomic mass is 32.2. The highest BCUT2D eigenvalue weighted by Gasteiger charge is 2.56. The lowest BCUT2D eigenvalue weighted by Crippen LogP contribution is -2.59. The number of methoxy groups -OCH3 is 1. The topological polar surface area (TPSA) is 89.5 Å². The number of rotatable bonds is 5. The number of esters is 1. The van der Waals surface area contributed by atoms with Crippen molar-refractivity contribution in [2.24, 2.45) is 0 Å². The molecular formula is C25H23NO5S. The van der Waals surface area contributed by atoms with E-state index in [-0.39, 0.29) is 5.56 Å². The highest BCUT2D eigenvalue weighted by Crippen LogP contribution is 2.39. The summed E-state index contributed by atoms with van der Waals surface area (Å²) < 4.78 is 32.8. The lowest BCUT2D eigenvalue weighted by molar-refractivity contribution is -0.140. The quantitative estimate of drug-likeness (QED) is 0.475. The van der Waals surface area contributed by atoms with Crippen LogP contribution in [0.15, 0.2) is 91.0 Å². The van der Waals surface area contributed by atoms with Crippen molar-refractivity contribution in [1.82, 2.24) is 5.32 Å². The van der Waals surface area contributed by atoms with Gasteiger partial charge >= 0.3 is 5.97 Å². The number of ether oxygens (including phenoxy) is 1. The molecule has 32 heavy (non-hydrogen) atoms. The fraction of sp³-hybridized carbons (Fsp3) is 0.200. The minimum atomic E-state index is -4.30. The first-order chi connectivity index (χ1) is 15.4. The number of carbonyl (C=O) groups is 2. The summed E-state index contributed by atoms with van der Waals surface area (Å²) >= 11 is 0. The van der Waals surface area contributed by atoms with Gasteiger partial charge in [-0.15, -0.1) is 0 Å². The van der Waals surface area contributed by atoms with E-state index < -0.39 is 44.2 Å². The van der Waals surface area contributed by atoms with Crippen molar-refractivity contribution in [3.05, 3.63) is 108 Å². The van der Waals surface area contributed by atoms with E-state index in [1.807, 2.05) is 12.1 Å². The summed E-state index contributed by atoms with van der Waals surface area (Å²) in [5.74, 6) is -1.46. The van der Waals surface area contributed by atoms with Crippen LogP contribution < -0.4 is 5.32 Å². The van der Waals surface area contributed by atoms with Crippen molar-refractivity contribution in [3.8, 4) is 0 Å². The van der Waals surface area contributed by atoms with Crippen LogP contribution in [0.3, 0.4) is 0 Å². The third-order valence-electron chi connectivity index (χ3n) is 5.74. The summed E-state index contributed by atoms with van der Waals surface area (Å²) in [4.78, 5) is 26.3. The maximum atomic E-state index is 13.9. The summed E-state index contributed by atoms with van der Waals surface area (Å²) in [7, 11) is -3.15. The summed E-state index contributed by atoms with van der Waals surface area (Å²) in [5, 5.41) is 0.255. The minimum absolute atomic E-state index is 0.269. The highest BCUT2D eigenvalue weighted by molar-refractivity contribution is 7.94. The molecule has 0 radical (unpaired) electrons. The van der Waals surface area contributed by atoms with E-state index in [1.54, 1.807) is 78.9 Å². The van der Waals surface area contributed by atoms with E-state index in [0.29, 0.717) is 11.1 Å². The fourth-order valence-corrected chi connectivity index (χ4v) is 6.57. The van der Waals surface area contributed by atoms with Gasteiger partial charge in [0.15, 0.2) is 20.9 Å². The van der Waals surface area contributed by atoms with Gasteiger partial charge in [0.2, 0.25) is 0 Å². The normalized spacial score (nSPS) is 24.4. The second kappa shape index (κ2) is 9.06. The van der Waals surface area contributed by atoms with Gasteiger partial charge in [-0.05, 0) is 11.1 Å². The Hall–Kier alpha value is -3.29. The molecule has 1 aliphatic heterocycles. The maximum absolute atomic E-state index is 13.9. The summed E-state index contributed by atoms with van der Waals surface area (Å²) in [6.45, 7) is 0. The van der Waals surface area contributed by atoms with Crippen LogP contribution in [-0.2, 0) is 19.4 Å². The first-order valence-corrected chi connectivity index (χ1v) is 11.8. The zero-order valence-corrected chi connectivity index (χ0v) is 18.2. The number of sulfone groups is 1. The van der Waals surface area contributed by atoms with Crippen LogP contribution in [0.1, 0.15) is 33.6 Å². The number of benzene rings is 3. The van der Waals surface area contributed by atoms with Crippen molar-refractivity contribution in [1.29, 1.82) is 0 Å². The molecule has 1 heterocycles. The molecular weight excluding hydrogens is 426 g/mol. The van der Waals surface area contributed by atoms with Crippen molar-refractivity contribution in [2.75, 3.05) is 7.11 Å². The first kappa shape index (κ1) is 21.9. The SMILES string of the molecule is COC(=O)C1C(c2ccccc2)NC(c2ccccc2)C(C(=O)c2ccccc2)S1(=O)=O. The number of hydrogen-bond donors (Lipinski definition) is 1. The standard InChI is InChI=1S/C25H23NO5S/c1-31-25(28)24-21(18-13-7-3-8-14-18)26-20(17-11-5-2-6-12-17)23(32(24,29)30)22(27)19-15-9-4-10-16-19/h2-16,20-21,23-24,26H,1H3. The zero-order valence-electron chi connectivity index (χ0n) is 17.4. The van der Waals surface area contributed by atoms with Crippen molar-refractivity contribution in [3.63, 3.8) is 0 Å². The van der Waals surface area contributed by atoms with Crippen LogP contribution in [0.5, 0.6) is 0 Å². The van der Waals surface area contributed by atoms with Gasteiger partial charge in [-0.2, -0.15) is 0 Å². The second-order valence-corrected chi connectivity index (χ2v) is 9.82. The van der Waals surface area contributed by atoms with Crippen molar-refractivity contribution < 1.29 is 22.7 Å². The van der Waals surface area contributed by atoms with E-state index in [4.69, 9.17) is 4.74 Å². The van der Waals surface area contributed by atoms with E-state index in [9.17, 15) is 18.0 Å². The largest absolute Gasteiger partial charge is 0.468 e. The maximum Gasteiger partial charge on any atom is 0.326 e. The van der Waals surface area contributed by atoms with Gasteiger partial charge in [0.1, 0.15) is 5.25 Å². The molecule has 1 fully saturated rings. The predicted octanol–water partition coefficient (Wildman–Crippen LogP) is 3.28. The molecule has 3 aromatic rings. The molecule has 164 valence electrons. The molecule has 0 spiro atoms. The number of carbonyl (C=O) groups excluding carboxylic acids is 2. The minimum Gasteiger partial charge on any atom is -0.468 e. The fourth-order valence-electron chi connectivity index (χ4n) is 4.22. The second-order valence-electron chi connectivity index (χ2n) is 7.63. The Kier molecular flexibility index (Phi) is 6.21. The Morgan fingerprint density at radius 2 is 1.16 bits per heavy atom. The van der Waals surface area contributed by atoms with E-state index in [2.05, 4.69) is 5.32 Å². The molecule has 3 aromatic carbocycles. The van der Waals surface area contributed by atoms with Crippen LogP contribution >= 0.6 is 0 Å². The summed E-state index contributed by atoms with van der Waals surface area (Å²) in [6, 6.07) is 24.4. The third kappa shape index (κ3) is 3.97. The van der Waals surface area contributed by atoms with E-state index >= 15 is 0 Å². The number of ketones is 1. The molecule has 0 aliphatic carbocycles. The number of hydrogen-bond acceptors (Lipinski definition) is 6. The van der Waals surface area contributed by atoms with Crippen LogP contribution in [0.4, 0.5) is 0 Å². The van der Waals surface area contributed by atoms with Crippen LogP contribution in [0, 0.1) is 0 Å². The molecule has 0 saturated carbocycles. The molecule has 1 N–H and O–H groups in total. The van der Waals surface area contributed by atoms with Crippen molar-refractivity contribution >= 4 is 21.6 Å². The van der Waals surface area contributed by atoms with Gasteiger partial charge < -0.3 is 4.74 Å². The Balaban J connectivity index is 1.90. The van der Waals surface area contributed by atoms with Gasteiger partial charge in [0.05, 0.1) is 19.2 Å².